The second-order valence-electron chi connectivity index (χ2n) is 8.68. The molecule has 1 aliphatic carbocycles. The predicted octanol–water partition coefficient (Wildman–Crippen LogP) is 3.18. The van der Waals surface area contributed by atoms with Crippen LogP contribution in [0.1, 0.15) is 55.7 Å². The molecule has 0 bridgehead atoms. The maximum Gasteiger partial charge on any atom is 0.263 e. The van der Waals surface area contributed by atoms with Crippen molar-refractivity contribution in [3.63, 3.8) is 0 Å². The molecule has 0 atom stereocenters. The van der Waals surface area contributed by atoms with Gasteiger partial charge in [0.05, 0.1) is 23.0 Å². The lowest BCUT2D eigenvalue weighted by molar-refractivity contribution is 0.0965. The van der Waals surface area contributed by atoms with Gasteiger partial charge in [-0.15, -0.1) is 0 Å². The first-order valence-corrected chi connectivity index (χ1v) is 9.66. The highest BCUT2D eigenvalue weighted by molar-refractivity contribution is 6.01. The van der Waals surface area contributed by atoms with Crippen LogP contribution in [0.5, 0.6) is 0 Å². The van der Waals surface area contributed by atoms with Crippen LogP contribution in [0.2, 0.25) is 0 Å². The van der Waals surface area contributed by atoms with Gasteiger partial charge in [-0.05, 0) is 45.7 Å². The van der Waals surface area contributed by atoms with Gasteiger partial charge in [0.2, 0.25) is 5.95 Å². The third-order valence-electron chi connectivity index (χ3n) is 5.19. The number of rotatable bonds is 3. The highest BCUT2D eigenvalue weighted by atomic mass is 16.2. The number of H-pyrrole nitrogens is 1. The molecule has 3 N–H and O–H groups in total. The number of amides is 1. The standard InChI is InChI=1S/C21H23N5O2/c1-21(2,3)25-20-24-17-12(15-9-14-16(23-15)10-22-18(14)27)5-4-6-13(17)19(28)26(20)11-7-8-11/h4-6,9,11,23H,7-8,10H2,1-3H3,(H,22,27)(H,24,25). The van der Waals surface area contributed by atoms with Gasteiger partial charge in [0.15, 0.2) is 0 Å². The molecule has 1 fully saturated rings. The van der Waals surface area contributed by atoms with Crippen molar-refractivity contribution in [2.24, 2.45) is 0 Å². The number of nitrogens with zero attached hydrogens (tertiary/aromatic N) is 2. The molecule has 2 aromatic heterocycles. The summed E-state index contributed by atoms with van der Waals surface area (Å²) in [7, 11) is 0. The molecule has 0 saturated heterocycles. The van der Waals surface area contributed by atoms with Crippen molar-refractivity contribution in [1.29, 1.82) is 0 Å². The SMILES string of the molecule is CC(C)(C)Nc1nc2c(-c3cc4c([nH]3)CNC4=O)cccc2c(=O)n1C1CC1. The zero-order valence-corrected chi connectivity index (χ0v) is 16.2. The number of carbonyl (C=O) groups excluding carboxylic acids is 1. The average Bonchev–Trinajstić information content (AvgIpc) is 3.26. The lowest BCUT2D eigenvalue weighted by atomic mass is 10.1. The van der Waals surface area contributed by atoms with Crippen LogP contribution in [0.15, 0.2) is 29.1 Å². The number of benzene rings is 1. The molecule has 0 radical (unpaired) electrons. The molecule has 1 amide bonds. The third kappa shape index (κ3) is 2.69. The van der Waals surface area contributed by atoms with Crippen molar-refractivity contribution in [1.82, 2.24) is 19.9 Å². The summed E-state index contributed by atoms with van der Waals surface area (Å²) >= 11 is 0. The first kappa shape index (κ1) is 17.0. The Hall–Kier alpha value is -3.09. The van der Waals surface area contributed by atoms with Crippen molar-refractivity contribution in [3.05, 3.63) is 45.9 Å². The molecule has 0 unspecified atom stereocenters. The fourth-order valence-electron chi connectivity index (χ4n) is 3.78. The monoisotopic (exact) mass is 377 g/mol. The summed E-state index contributed by atoms with van der Waals surface area (Å²) in [5.41, 5.74) is 3.58. The maximum absolute atomic E-state index is 13.3. The minimum Gasteiger partial charge on any atom is -0.356 e. The number of anilines is 1. The van der Waals surface area contributed by atoms with Gasteiger partial charge in [0, 0.05) is 28.5 Å². The first-order chi connectivity index (χ1) is 13.3. The minimum atomic E-state index is -0.218. The Morgan fingerprint density at radius 3 is 2.64 bits per heavy atom. The van der Waals surface area contributed by atoms with Gasteiger partial charge in [-0.3, -0.25) is 14.2 Å². The summed E-state index contributed by atoms with van der Waals surface area (Å²) in [6, 6.07) is 7.71. The second kappa shape index (κ2) is 5.70. The molecule has 1 aromatic carbocycles. The largest absolute Gasteiger partial charge is 0.356 e. The molecule has 3 heterocycles. The van der Waals surface area contributed by atoms with Crippen LogP contribution in [0.3, 0.4) is 0 Å². The van der Waals surface area contributed by atoms with E-state index < -0.39 is 0 Å². The quantitative estimate of drug-likeness (QED) is 0.654. The molecule has 0 spiro atoms. The molecule has 3 aromatic rings. The van der Waals surface area contributed by atoms with Crippen LogP contribution in [-0.2, 0) is 6.54 Å². The van der Waals surface area contributed by atoms with Gasteiger partial charge in [-0.2, -0.15) is 0 Å². The summed E-state index contributed by atoms with van der Waals surface area (Å²) in [6.45, 7) is 6.67. The van der Waals surface area contributed by atoms with E-state index in [4.69, 9.17) is 4.98 Å². The Morgan fingerprint density at radius 1 is 1.18 bits per heavy atom. The molecular weight excluding hydrogens is 354 g/mol. The Kier molecular flexibility index (Phi) is 3.47. The molecule has 7 nitrogen and oxygen atoms in total. The van der Waals surface area contributed by atoms with Gasteiger partial charge >= 0.3 is 0 Å². The fraction of sp³-hybridized carbons (Fsp3) is 0.381. The van der Waals surface area contributed by atoms with E-state index in [1.165, 1.54) is 0 Å². The molecule has 144 valence electrons. The van der Waals surface area contributed by atoms with Gasteiger partial charge < -0.3 is 15.6 Å². The Morgan fingerprint density at radius 2 is 1.96 bits per heavy atom. The smallest absolute Gasteiger partial charge is 0.263 e. The molecule has 7 heteroatoms. The highest BCUT2D eigenvalue weighted by Crippen LogP contribution is 2.37. The summed E-state index contributed by atoms with van der Waals surface area (Å²) < 4.78 is 1.81. The van der Waals surface area contributed by atoms with E-state index >= 15 is 0 Å². The normalized spacial score (nSPS) is 16.3. The van der Waals surface area contributed by atoms with Crippen LogP contribution in [0.25, 0.3) is 22.2 Å². The lowest BCUT2D eigenvalue weighted by Gasteiger charge is -2.24. The zero-order valence-electron chi connectivity index (χ0n) is 16.2. The van der Waals surface area contributed by atoms with Crippen molar-refractivity contribution in [3.8, 4) is 11.3 Å². The van der Waals surface area contributed by atoms with Gasteiger partial charge in [-0.25, -0.2) is 4.98 Å². The average molecular weight is 377 g/mol. The van der Waals surface area contributed by atoms with Crippen LogP contribution < -0.4 is 16.2 Å². The number of carbonyl (C=O) groups is 1. The fourth-order valence-corrected chi connectivity index (χ4v) is 3.78. The molecule has 1 aliphatic heterocycles. The zero-order chi connectivity index (χ0) is 19.6. The number of nitrogens with one attached hydrogen (secondary N) is 3. The molecular formula is C21H23N5O2. The van der Waals surface area contributed by atoms with E-state index in [2.05, 4.69) is 36.4 Å². The van der Waals surface area contributed by atoms with Gasteiger partial charge in [-0.1, -0.05) is 12.1 Å². The minimum absolute atomic E-state index is 0.0158. The Labute approximate surface area is 162 Å². The van der Waals surface area contributed by atoms with Gasteiger partial charge in [0.25, 0.3) is 11.5 Å². The lowest BCUT2D eigenvalue weighted by Crippen LogP contribution is -2.33. The number of para-hydroxylation sites is 1. The summed E-state index contributed by atoms with van der Waals surface area (Å²) in [4.78, 5) is 33.5. The number of aromatic nitrogens is 3. The van der Waals surface area contributed by atoms with Crippen molar-refractivity contribution >= 4 is 22.8 Å². The number of fused-ring (bicyclic) bond motifs is 2. The van der Waals surface area contributed by atoms with E-state index in [0.29, 0.717) is 29.0 Å². The van der Waals surface area contributed by atoms with Crippen LogP contribution in [0.4, 0.5) is 5.95 Å². The van der Waals surface area contributed by atoms with Crippen molar-refractivity contribution < 1.29 is 4.79 Å². The van der Waals surface area contributed by atoms with E-state index in [0.717, 1.165) is 29.8 Å². The summed E-state index contributed by atoms with van der Waals surface area (Å²) in [5.74, 6) is 0.536. The molecule has 5 rings (SSSR count). The molecule has 28 heavy (non-hydrogen) atoms. The maximum atomic E-state index is 13.3. The topological polar surface area (TPSA) is 91.8 Å². The molecule has 2 aliphatic rings. The van der Waals surface area contributed by atoms with Crippen molar-refractivity contribution in [2.45, 2.75) is 51.7 Å². The first-order valence-electron chi connectivity index (χ1n) is 9.66. The number of hydrogen-bond donors (Lipinski definition) is 3. The van der Waals surface area contributed by atoms with E-state index in [1.807, 2.05) is 24.3 Å². The highest BCUT2D eigenvalue weighted by Gasteiger charge is 2.30. The van der Waals surface area contributed by atoms with E-state index in [9.17, 15) is 9.59 Å². The number of aromatic amines is 1. The Balaban J connectivity index is 1.74. The third-order valence-corrected chi connectivity index (χ3v) is 5.19. The van der Waals surface area contributed by atoms with Crippen molar-refractivity contribution in [2.75, 3.05) is 5.32 Å². The van der Waals surface area contributed by atoms with Gasteiger partial charge in [0.1, 0.15) is 0 Å². The van der Waals surface area contributed by atoms with Crippen LogP contribution in [-0.4, -0.2) is 26.0 Å². The summed E-state index contributed by atoms with van der Waals surface area (Å²) in [6.07, 6.45) is 2.01. The predicted molar refractivity (Wildman–Crippen MR) is 109 cm³/mol. The Bertz CT molecular complexity index is 1180. The number of hydrogen-bond acceptors (Lipinski definition) is 4. The molecule has 1 saturated carbocycles. The van der Waals surface area contributed by atoms with E-state index in [-0.39, 0.29) is 23.0 Å². The second-order valence-corrected chi connectivity index (χ2v) is 8.68. The van der Waals surface area contributed by atoms with E-state index in [1.54, 1.807) is 4.57 Å². The van der Waals surface area contributed by atoms with Crippen LogP contribution >= 0.6 is 0 Å². The van der Waals surface area contributed by atoms with Crippen LogP contribution in [0, 0.1) is 0 Å². The summed E-state index contributed by atoms with van der Waals surface area (Å²) in [5, 5.41) is 6.81.